The van der Waals surface area contributed by atoms with Gasteiger partial charge in [-0.15, -0.1) is 0 Å². The molecule has 2 rings (SSSR count). The van der Waals surface area contributed by atoms with E-state index in [9.17, 15) is 9.59 Å². The first kappa shape index (κ1) is 21.0. The number of rotatable bonds is 9. The van der Waals surface area contributed by atoms with Crippen molar-refractivity contribution in [2.75, 3.05) is 17.2 Å². The van der Waals surface area contributed by atoms with Crippen LogP contribution in [0.25, 0.3) is 0 Å². The first-order chi connectivity index (χ1) is 12.9. The van der Waals surface area contributed by atoms with Gasteiger partial charge < -0.3 is 15.4 Å². The SMILES string of the molecule is CC(C)CC(=O)Nc1ccc(NC(=O)CCCOc2cccc(Br)c2)cc1. The van der Waals surface area contributed by atoms with Crippen molar-refractivity contribution in [3.8, 4) is 5.75 Å². The van der Waals surface area contributed by atoms with Gasteiger partial charge in [0.25, 0.3) is 0 Å². The van der Waals surface area contributed by atoms with E-state index in [2.05, 4.69) is 26.6 Å². The van der Waals surface area contributed by atoms with Crippen molar-refractivity contribution >= 4 is 39.1 Å². The Morgan fingerprint density at radius 2 is 1.63 bits per heavy atom. The summed E-state index contributed by atoms with van der Waals surface area (Å²) in [6, 6.07) is 14.7. The van der Waals surface area contributed by atoms with Crippen LogP contribution >= 0.6 is 15.9 Å². The van der Waals surface area contributed by atoms with Crippen LogP contribution in [0.1, 0.15) is 33.1 Å². The predicted octanol–water partition coefficient (Wildman–Crippen LogP) is 5.23. The second-order valence-corrected chi connectivity index (χ2v) is 7.60. The summed E-state index contributed by atoms with van der Waals surface area (Å²) in [6.07, 6.45) is 1.49. The second-order valence-electron chi connectivity index (χ2n) is 6.68. The number of carbonyl (C=O) groups is 2. The van der Waals surface area contributed by atoms with Crippen molar-refractivity contribution in [2.45, 2.75) is 33.1 Å². The first-order valence-corrected chi connectivity index (χ1v) is 9.80. The van der Waals surface area contributed by atoms with E-state index in [1.807, 2.05) is 38.1 Å². The third-order valence-electron chi connectivity index (χ3n) is 3.66. The maximum Gasteiger partial charge on any atom is 0.224 e. The first-order valence-electron chi connectivity index (χ1n) is 9.00. The highest BCUT2D eigenvalue weighted by atomic mass is 79.9. The summed E-state index contributed by atoms with van der Waals surface area (Å²) in [6.45, 7) is 4.48. The largest absolute Gasteiger partial charge is 0.494 e. The average molecular weight is 433 g/mol. The Kier molecular flexibility index (Phi) is 8.33. The molecular weight excluding hydrogens is 408 g/mol. The monoisotopic (exact) mass is 432 g/mol. The van der Waals surface area contributed by atoms with Gasteiger partial charge >= 0.3 is 0 Å². The highest BCUT2D eigenvalue weighted by molar-refractivity contribution is 9.10. The van der Waals surface area contributed by atoms with Gasteiger partial charge in [0.05, 0.1) is 6.61 Å². The lowest BCUT2D eigenvalue weighted by Gasteiger charge is -2.09. The van der Waals surface area contributed by atoms with E-state index in [0.717, 1.165) is 15.9 Å². The molecule has 0 saturated carbocycles. The number of nitrogens with one attached hydrogen (secondary N) is 2. The molecule has 27 heavy (non-hydrogen) atoms. The van der Waals surface area contributed by atoms with Gasteiger partial charge in [-0.2, -0.15) is 0 Å². The molecule has 2 N–H and O–H groups in total. The standard InChI is InChI=1S/C21H25BrN2O3/c1-15(2)13-21(26)24-18-10-8-17(9-11-18)23-20(25)7-4-12-27-19-6-3-5-16(22)14-19/h3,5-6,8-11,14-15H,4,7,12-13H2,1-2H3,(H,23,25)(H,24,26). The molecule has 0 aliphatic heterocycles. The number of benzene rings is 2. The lowest BCUT2D eigenvalue weighted by Crippen LogP contribution is -2.14. The van der Waals surface area contributed by atoms with Crippen LogP contribution < -0.4 is 15.4 Å². The number of hydrogen-bond donors (Lipinski definition) is 2. The molecule has 0 unspecified atom stereocenters. The Morgan fingerprint density at radius 1 is 1.00 bits per heavy atom. The Morgan fingerprint density at radius 3 is 2.22 bits per heavy atom. The zero-order valence-corrected chi connectivity index (χ0v) is 17.2. The summed E-state index contributed by atoms with van der Waals surface area (Å²) in [5, 5.41) is 5.69. The molecular formula is C21H25BrN2O3. The van der Waals surface area contributed by atoms with Crippen LogP contribution in [-0.2, 0) is 9.59 Å². The third kappa shape index (κ3) is 8.26. The van der Waals surface area contributed by atoms with Crippen LogP contribution in [0.4, 0.5) is 11.4 Å². The van der Waals surface area contributed by atoms with Crippen LogP contribution in [0.5, 0.6) is 5.75 Å². The van der Waals surface area contributed by atoms with Gasteiger partial charge in [-0.1, -0.05) is 35.8 Å². The molecule has 2 amide bonds. The van der Waals surface area contributed by atoms with Gasteiger partial charge in [-0.25, -0.2) is 0 Å². The van der Waals surface area contributed by atoms with Crippen molar-refractivity contribution in [3.05, 3.63) is 53.0 Å². The maximum atomic E-state index is 12.0. The molecule has 6 heteroatoms. The van der Waals surface area contributed by atoms with E-state index in [4.69, 9.17) is 4.74 Å². The van der Waals surface area contributed by atoms with Crippen LogP contribution in [-0.4, -0.2) is 18.4 Å². The van der Waals surface area contributed by atoms with E-state index < -0.39 is 0 Å². The minimum absolute atomic E-state index is 0.00719. The molecule has 0 aliphatic carbocycles. The normalized spacial score (nSPS) is 10.5. The van der Waals surface area contributed by atoms with Crippen molar-refractivity contribution in [3.63, 3.8) is 0 Å². The van der Waals surface area contributed by atoms with Gasteiger partial charge in [0.2, 0.25) is 11.8 Å². The van der Waals surface area contributed by atoms with Crippen LogP contribution in [0.2, 0.25) is 0 Å². The minimum Gasteiger partial charge on any atom is -0.494 e. The smallest absolute Gasteiger partial charge is 0.224 e. The Hall–Kier alpha value is -2.34. The number of anilines is 2. The van der Waals surface area contributed by atoms with Crippen molar-refractivity contribution in [1.29, 1.82) is 0 Å². The van der Waals surface area contributed by atoms with Crippen LogP contribution in [0.15, 0.2) is 53.0 Å². The van der Waals surface area contributed by atoms with Crippen molar-refractivity contribution in [1.82, 2.24) is 0 Å². The Labute approximate surface area is 168 Å². The molecule has 0 atom stereocenters. The fraction of sp³-hybridized carbons (Fsp3) is 0.333. The third-order valence-corrected chi connectivity index (χ3v) is 4.15. The summed E-state index contributed by atoms with van der Waals surface area (Å²) in [5.74, 6) is 1.02. The highest BCUT2D eigenvalue weighted by Crippen LogP contribution is 2.18. The summed E-state index contributed by atoms with van der Waals surface area (Å²) < 4.78 is 6.58. The van der Waals surface area contributed by atoms with E-state index in [0.29, 0.717) is 37.5 Å². The zero-order chi connectivity index (χ0) is 19.6. The minimum atomic E-state index is -0.0653. The molecule has 5 nitrogen and oxygen atoms in total. The molecule has 2 aromatic carbocycles. The maximum absolute atomic E-state index is 12.0. The van der Waals surface area contributed by atoms with Gasteiger partial charge in [-0.3, -0.25) is 9.59 Å². The highest BCUT2D eigenvalue weighted by Gasteiger charge is 2.06. The molecule has 0 aromatic heterocycles. The summed E-state index contributed by atoms with van der Waals surface area (Å²) in [7, 11) is 0. The van der Waals surface area contributed by atoms with E-state index in [-0.39, 0.29) is 11.8 Å². The topological polar surface area (TPSA) is 67.4 Å². The van der Waals surface area contributed by atoms with E-state index >= 15 is 0 Å². The Bertz CT molecular complexity index is 760. The Balaban J connectivity index is 1.70. The zero-order valence-electron chi connectivity index (χ0n) is 15.6. The molecule has 0 radical (unpaired) electrons. The molecule has 0 aliphatic rings. The van der Waals surface area contributed by atoms with Gasteiger partial charge in [0.15, 0.2) is 0 Å². The molecule has 0 heterocycles. The summed E-state index contributed by atoms with van der Waals surface area (Å²) in [5.41, 5.74) is 1.43. The molecule has 0 fully saturated rings. The molecule has 0 spiro atoms. The summed E-state index contributed by atoms with van der Waals surface area (Å²) >= 11 is 3.39. The van der Waals surface area contributed by atoms with Gasteiger partial charge in [-0.05, 0) is 54.8 Å². The number of carbonyl (C=O) groups excluding carboxylic acids is 2. The van der Waals surface area contributed by atoms with Gasteiger partial charge in [0, 0.05) is 28.7 Å². The molecule has 0 bridgehead atoms. The quantitative estimate of drug-likeness (QED) is 0.532. The fourth-order valence-electron chi connectivity index (χ4n) is 2.42. The number of amides is 2. The van der Waals surface area contributed by atoms with Crippen LogP contribution in [0.3, 0.4) is 0 Å². The number of hydrogen-bond acceptors (Lipinski definition) is 3. The molecule has 0 saturated heterocycles. The van der Waals surface area contributed by atoms with Crippen molar-refractivity contribution in [2.24, 2.45) is 5.92 Å². The second kappa shape index (κ2) is 10.7. The molecule has 2 aromatic rings. The van der Waals surface area contributed by atoms with E-state index in [1.165, 1.54) is 0 Å². The molecule has 144 valence electrons. The lowest BCUT2D eigenvalue weighted by atomic mass is 10.1. The number of ether oxygens (including phenoxy) is 1. The average Bonchev–Trinajstić information content (AvgIpc) is 2.60. The summed E-state index contributed by atoms with van der Waals surface area (Å²) in [4.78, 5) is 23.8. The van der Waals surface area contributed by atoms with Crippen molar-refractivity contribution < 1.29 is 14.3 Å². The van der Waals surface area contributed by atoms with Crippen LogP contribution in [0, 0.1) is 5.92 Å². The number of halogens is 1. The van der Waals surface area contributed by atoms with Gasteiger partial charge in [0.1, 0.15) is 5.75 Å². The fourth-order valence-corrected chi connectivity index (χ4v) is 2.80. The predicted molar refractivity (Wildman–Crippen MR) is 112 cm³/mol. The van der Waals surface area contributed by atoms with E-state index in [1.54, 1.807) is 24.3 Å². The lowest BCUT2D eigenvalue weighted by molar-refractivity contribution is -0.117.